The first-order valence-electron chi connectivity index (χ1n) is 24.1. The van der Waals surface area contributed by atoms with Gasteiger partial charge in [-0.1, -0.05) is 204 Å². The highest BCUT2D eigenvalue weighted by atomic mass is 16.5. The van der Waals surface area contributed by atoms with Crippen molar-refractivity contribution in [2.45, 2.75) is 244 Å². The lowest BCUT2D eigenvalue weighted by Gasteiger charge is -2.24. The summed E-state index contributed by atoms with van der Waals surface area (Å²) in [6.45, 7) is 6.36. The van der Waals surface area contributed by atoms with E-state index in [0.29, 0.717) is 19.3 Å². The molecule has 0 radical (unpaired) electrons. The number of aliphatic hydroxyl groups is 2. The minimum atomic E-state index is -0.800. The molecule has 0 saturated heterocycles. The maximum absolute atomic E-state index is 13.1. The highest BCUT2D eigenvalue weighted by Crippen LogP contribution is 2.17. The van der Waals surface area contributed by atoms with Gasteiger partial charge in [0.15, 0.2) is 0 Å². The average molecular weight is 798 g/mol. The SMILES string of the molecule is CCC/C=C\CCCCCCCC(=O)OC(CCCCC/C=C/C=C/C=C/C=C/CCCCC)CC(=O)NC(CO)C(O)CCCCCCCCCCCCCC. The van der Waals surface area contributed by atoms with Crippen molar-refractivity contribution in [1.82, 2.24) is 5.32 Å². The van der Waals surface area contributed by atoms with Gasteiger partial charge in [0.2, 0.25) is 5.91 Å². The topological polar surface area (TPSA) is 95.9 Å². The maximum Gasteiger partial charge on any atom is 0.306 e. The summed E-state index contributed by atoms with van der Waals surface area (Å²) >= 11 is 0. The van der Waals surface area contributed by atoms with Gasteiger partial charge in [-0.15, -0.1) is 0 Å². The van der Waals surface area contributed by atoms with Gasteiger partial charge in [0.1, 0.15) is 6.10 Å². The number of rotatable bonds is 42. The van der Waals surface area contributed by atoms with E-state index in [2.05, 4.69) is 80.8 Å². The van der Waals surface area contributed by atoms with Gasteiger partial charge in [0.05, 0.1) is 25.2 Å². The van der Waals surface area contributed by atoms with Crippen molar-refractivity contribution in [2.75, 3.05) is 6.61 Å². The molecule has 3 unspecified atom stereocenters. The zero-order valence-electron chi connectivity index (χ0n) is 37.5. The van der Waals surface area contributed by atoms with E-state index in [4.69, 9.17) is 4.74 Å². The van der Waals surface area contributed by atoms with Crippen LogP contribution in [0.15, 0.2) is 60.8 Å². The number of amides is 1. The van der Waals surface area contributed by atoms with Crippen LogP contribution in [-0.4, -0.2) is 46.9 Å². The van der Waals surface area contributed by atoms with Crippen LogP contribution in [0.2, 0.25) is 0 Å². The molecule has 0 bridgehead atoms. The summed E-state index contributed by atoms with van der Waals surface area (Å²) < 4.78 is 5.88. The van der Waals surface area contributed by atoms with Crippen molar-refractivity contribution < 1.29 is 24.5 Å². The minimum absolute atomic E-state index is 0.0469. The molecule has 0 saturated carbocycles. The lowest BCUT2D eigenvalue weighted by molar-refractivity contribution is -0.151. The number of ether oxygens (including phenoxy) is 1. The van der Waals surface area contributed by atoms with Gasteiger partial charge in [0.25, 0.3) is 0 Å². The second-order valence-corrected chi connectivity index (χ2v) is 16.2. The van der Waals surface area contributed by atoms with Crippen molar-refractivity contribution in [3.05, 3.63) is 60.8 Å². The number of unbranched alkanes of at least 4 members (excludes halogenated alkanes) is 23. The third-order valence-electron chi connectivity index (χ3n) is 10.6. The van der Waals surface area contributed by atoms with Crippen LogP contribution in [0.5, 0.6) is 0 Å². The summed E-state index contributed by atoms with van der Waals surface area (Å²) in [4.78, 5) is 26.0. The Morgan fingerprint density at radius 1 is 0.509 bits per heavy atom. The molecule has 0 aromatic heterocycles. The highest BCUT2D eigenvalue weighted by molar-refractivity contribution is 5.77. The van der Waals surface area contributed by atoms with Crippen molar-refractivity contribution in [3.8, 4) is 0 Å². The zero-order valence-corrected chi connectivity index (χ0v) is 37.5. The fourth-order valence-electron chi connectivity index (χ4n) is 6.97. The van der Waals surface area contributed by atoms with E-state index in [1.54, 1.807) is 0 Å². The second kappa shape index (κ2) is 44.7. The summed E-state index contributed by atoms with van der Waals surface area (Å²) in [7, 11) is 0. The maximum atomic E-state index is 13.1. The third-order valence-corrected chi connectivity index (χ3v) is 10.6. The number of aliphatic hydroxyl groups excluding tert-OH is 2. The summed E-state index contributed by atoms with van der Waals surface area (Å²) in [6.07, 6.45) is 54.2. The Morgan fingerprint density at radius 3 is 1.53 bits per heavy atom. The van der Waals surface area contributed by atoms with E-state index in [1.807, 2.05) is 6.08 Å². The Kier molecular flexibility index (Phi) is 42.7. The monoisotopic (exact) mass is 798 g/mol. The van der Waals surface area contributed by atoms with Crippen LogP contribution in [0, 0.1) is 0 Å². The zero-order chi connectivity index (χ0) is 41.7. The Bertz CT molecular complexity index is 1030. The number of carbonyl (C=O) groups excluding carboxylic acids is 2. The number of allylic oxidation sites excluding steroid dienone is 10. The number of hydrogen-bond acceptors (Lipinski definition) is 5. The molecule has 1 amide bonds. The summed E-state index contributed by atoms with van der Waals surface area (Å²) in [5.74, 6) is -0.527. The van der Waals surface area contributed by atoms with Crippen molar-refractivity contribution >= 4 is 11.9 Å². The van der Waals surface area contributed by atoms with Gasteiger partial charge in [-0.25, -0.2) is 0 Å². The first-order valence-corrected chi connectivity index (χ1v) is 24.1. The van der Waals surface area contributed by atoms with Crippen LogP contribution in [0.4, 0.5) is 0 Å². The van der Waals surface area contributed by atoms with Crippen LogP contribution < -0.4 is 5.32 Å². The third kappa shape index (κ3) is 40.1. The number of esters is 1. The molecule has 330 valence electrons. The van der Waals surface area contributed by atoms with E-state index in [1.165, 1.54) is 96.3 Å². The van der Waals surface area contributed by atoms with E-state index in [0.717, 1.165) is 83.5 Å². The number of carbonyl (C=O) groups is 2. The molecule has 0 fully saturated rings. The van der Waals surface area contributed by atoms with Gasteiger partial charge < -0.3 is 20.3 Å². The fourth-order valence-corrected chi connectivity index (χ4v) is 6.97. The molecule has 57 heavy (non-hydrogen) atoms. The Labute approximate surface area is 352 Å². The number of nitrogens with one attached hydrogen (secondary N) is 1. The van der Waals surface area contributed by atoms with Crippen LogP contribution in [0.1, 0.15) is 226 Å². The Balaban J connectivity index is 4.69. The number of hydrogen-bond donors (Lipinski definition) is 3. The molecule has 0 rings (SSSR count). The molecule has 0 spiro atoms. The van der Waals surface area contributed by atoms with Gasteiger partial charge >= 0.3 is 5.97 Å². The molecule has 6 nitrogen and oxygen atoms in total. The fraction of sp³-hybridized carbons (Fsp3) is 0.765. The van der Waals surface area contributed by atoms with Crippen LogP contribution in [0.3, 0.4) is 0 Å². The summed E-state index contributed by atoms with van der Waals surface area (Å²) in [5.41, 5.74) is 0. The molecule has 0 aromatic rings. The molecule has 0 aliphatic carbocycles. The van der Waals surface area contributed by atoms with Gasteiger partial charge in [-0.05, 0) is 70.6 Å². The van der Waals surface area contributed by atoms with Crippen LogP contribution in [-0.2, 0) is 14.3 Å². The molecular formula is C51H91NO5. The molecule has 3 N–H and O–H groups in total. The van der Waals surface area contributed by atoms with E-state index in [9.17, 15) is 19.8 Å². The average Bonchev–Trinajstić information content (AvgIpc) is 3.20. The van der Waals surface area contributed by atoms with Crippen molar-refractivity contribution in [2.24, 2.45) is 0 Å². The summed E-state index contributed by atoms with van der Waals surface area (Å²) in [6, 6.07) is -0.716. The normalized spacial score (nSPS) is 13.8. The van der Waals surface area contributed by atoms with E-state index < -0.39 is 18.2 Å². The molecule has 0 heterocycles. The van der Waals surface area contributed by atoms with Crippen LogP contribution in [0.25, 0.3) is 0 Å². The molecule has 3 atom stereocenters. The van der Waals surface area contributed by atoms with Gasteiger partial charge in [-0.3, -0.25) is 9.59 Å². The molecule has 6 heteroatoms. The molecule has 0 aliphatic rings. The predicted octanol–water partition coefficient (Wildman–Crippen LogP) is 14.1. The first kappa shape index (κ1) is 54.6. The Hall–Kier alpha value is -2.44. The summed E-state index contributed by atoms with van der Waals surface area (Å²) in [5, 5.41) is 23.7. The molecular weight excluding hydrogens is 707 g/mol. The van der Waals surface area contributed by atoms with Crippen molar-refractivity contribution in [1.29, 1.82) is 0 Å². The first-order chi connectivity index (χ1) is 28.0. The lowest BCUT2D eigenvalue weighted by Crippen LogP contribution is -2.46. The minimum Gasteiger partial charge on any atom is -0.462 e. The quantitative estimate of drug-likeness (QED) is 0.0247. The smallest absolute Gasteiger partial charge is 0.306 e. The Morgan fingerprint density at radius 2 is 0.947 bits per heavy atom. The van der Waals surface area contributed by atoms with Crippen molar-refractivity contribution in [3.63, 3.8) is 0 Å². The predicted molar refractivity (Wildman–Crippen MR) is 245 cm³/mol. The largest absolute Gasteiger partial charge is 0.462 e. The molecule has 0 aromatic carbocycles. The second-order valence-electron chi connectivity index (χ2n) is 16.2. The van der Waals surface area contributed by atoms with Gasteiger partial charge in [-0.2, -0.15) is 0 Å². The van der Waals surface area contributed by atoms with Crippen LogP contribution >= 0.6 is 0 Å². The lowest BCUT2D eigenvalue weighted by atomic mass is 10.0. The van der Waals surface area contributed by atoms with E-state index in [-0.39, 0.29) is 24.9 Å². The molecule has 0 aliphatic heterocycles. The van der Waals surface area contributed by atoms with E-state index >= 15 is 0 Å². The van der Waals surface area contributed by atoms with Gasteiger partial charge in [0, 0.05) is 6.42 Å². The standard InChI is InChI=1S/C51H91NO5/c1-4-7-10-13-16-19-22-24-25-26-27-28-30-33-36-39-42-47(57-51(56)44-41-38-35-32-21-18-15-12-9-6-3)45-50(55)52-48(46-53)49(54)43-40-37-34-31-29-23-20-17-14-11-8-5-2/h12,15-16,19,22,24-28,47-49,53-54H,4-11,13-14,17-18,20-21,23,29-46H2,1-3H3,(H,52,55)/b15-12-,19-16+,24-22+,26-25+,28-27+. The highest BCUT2D eigenvalue weighted by Gasteiger charge is 2.24.